The van der Waals surface area contributed by atoms with Crippen LogP contribution < -0.4 is 10.6 Å². The summed E-state index contributed by atoms with van der Waals surface area (Å²) >= 11 is 5.61. The SMILES string of the molecule is CC(C)(C)OC(=O)NCCNC(=S)N(Cc1ccccc1)Cc1ccccc1. The van der Waals surface area contributed by atoms with E-state index in [1.165, 1.54) is 11.1 Å². The van der Waals surface area contributed by atoms with Gasteiger partial charge in [-0.25, -0.2) is 4.79 Å². The normalized spacial score (nSPS) is 10.8. The van der Waals surface area contributed by atoms with E-state index in [-0.39, 0.29) is 0 Å². The molecule has 0 aromatic heterocycles. The molecule has 0 fully saturated rings. The lowest BCUT2D eigenvalue weighted by Gasteiger charge is -2.26. The number of benzene rings is 2. The number of carbonyl (C=O) groups is 1. The van der Waals surface area contributed by atoms with Crippen LogP contribution in [0.3, 0.4) is 0 Å². The molecular formula is C22H29N3O2S. The van der Waals surface area contributed by atoms with Crippen LogP contribution in [0.15, 0.2) is 60.7 Å². The summed E-state index contributed by atoms with van der Waals surface area (Å²) in [6, 6.07) is 20.5. The molecule has 0 aliphatic rings. The molecule has 28 heavy (non-hydrogen) atoms. The Morgan fingerprint density at radius 2 is 1.36 bits per heavy atom. The highest BCUT2D eigenvalue weighted by Crippen LogP contribution is 2.10. The minimum Gasteiger partial charge on any atom is -0.444 e. The molecule has 0 atom stereocenters. The summed E-state index contributed by atoms with van der Waals surface area (Å²) in [5.41, 5.74) is 1.87. The van der Waals surface area contributed by atoms with E-state index in [0.717, 1.165) is 0 Å². The van der Waals surface area contributed by atoms with Crippen LogP contribution >= 0.6 is 12.2 Å². The number of rotatable bonds is 7. The van der Waals surface area contributed by atoms with Crippen molar-refractivity contribution in [2.24, 2.45) is 0 Å². The molecule has 6 heteroatoms. The molecule has 2 N–H and O–H groups in total. The standard InChI is InChI=1S/C22H29N3O2S/c1-22(2,3)27-21(26)24-15-14-23-20(28)25(16-18-10-6-4-7-11-18)17-19-12-8-5-9-13-19/h4-13H,14-17H2,1-3H3,(H,23,28)(H,24,26). The first-order chi connectivity index (χ1) is 13.3. The number of amides is 1. The van der Waals surface area contributed by atoms with Crippen molar-refractivity contribution >= 4 is 23.4 Å². The molecule has 0 radical (unpaired) electrons. The Labute approximate surface area is 173 Å². The van der Waals surface area contributed by atoms with Gasteiger partial charge >= 0.3 is 6.09 Å². The van der Waals surface area contributed by atoms with Crippen LogP contribution in [0.4, 0.5) is 4.79 Å². The molecule has 0 saturated carbocycles. The molecular weight excluding hydrogens is 370 g/mol. The minimum atomic E-state index is -0.505. The zero-order valence-corrected chi connectivity index (χ0v) is 17.6. The van der Waals surface area contributed by atoms with Crippen molar-refractivity contribution in [2.75, 3.05) is 13.1 Å². The Bertz CT molecular complexity index is 704. The molecule has 0 bridgehead atoms. The molecule has 0 aliphatic carbocycles. The van der Waals surface area contributed by atoms with Crippen molar-refractivity contribution in [3.8, 4) is 0 Å². The van der Waals surface area contributed by atoms with Crippen LogP contribution in [-0.2, 0) is 17.8 Å². The fourth-order valence-corrected chi connectivity index (χ4v) is 2.80. The highest BCUT2D eigenvalue weighted by molar-refractivity contribution is 7.80. The summed E-state index contributed by atoms with van der Waals surface area (Å²) in [5.74, 6) is 0. The maximum absolute atomic E-state index is 11.7. The Kier molecular flexibility index (Phi) is 8.26. The Morgan fingerprint density at radius 1 is 0.893 bits per heavy atom. The van der Waals surface area contributed by atoms with E-state index in [2.05, 4.69) is 39.8 Å². The Morgan fingerprint density at radius 3 is 1.82 bits per heavy atom. The van der Waals surface area contributed by atoms with Crippen LogP contribution in [0.1, 0.15) is 31.9 Å². The van der Waals surface area contributed by atoms with Gasteiger partial charge in [-0.3, -0.25) is 0 Å². The fraction of sp³-hybridized carbons (Fsp3) is 0.364. The molecule has 0 heterocycles. The van der Waals surface area contributed by atoms with Gasteiger partial charge in [-0.15, -0.1) is 0 Å². The van der Waals surface area contributed by atoms with Gasteiger partial charge in [0.15, 0.2) is 5.11 Å². The Balaban J connectivity index is 1.88. The van der Waals surface area contributed by atoms with E-state index in [4.69, 9.17) is 17.0 Å². The zero-order valence-electron chi connectivity index (χ0n) is 16.8. The first-order valence-corrected chi connectivity index (χ1v) is 9.82. The predicted molar refractivity (Wildman–Crippen MR) is 117 cm³/mol. The second-order valence-electron chi connectivity index (χ2n) is 7.49. The predicted octanol–water partition coefficient (Wildman–Crippen LogP) is 4.09. The first kappa shape index (κ1) is 21.7. The molecule has 0 saturated heterocycles. The number of hydrogen-bond acceptors (Lipinski definition) is 3. The van der Waals surface area contributed by atoms with Gasteiger partial charge in [0.05, 0.1) is 0 Å². The summed E-state index contributed by atoms with van der Waals surface area (Å²) in [7, 11) is 0. The molecule has 150 valence electrons. The minimum absolute atomic E-state index is 0.425. The molecule has 0 unspecified atom stereocenters. The highest BCUT2D eigenvalue weighted by Gasteiger charge is 2.16. The summed E-state index contributed by atoms with van der Waals surface area (Å²) in [4.78, 5) is 13.8. The topological polar surface area (TPSA) is 53.6 Å². The average molecular weight is 400 g/mol. The average Bonchev–Trinajstić information content (AvgIpc) is 2.65. The maximum atomic E-state index is 11.7. The van der Waals surface area contributed by atoms with E-state index >= 15 is 0 Å². The molecule has 0 aliphatic heterocycles. The summed E-state index contributed by atoms with van der Waals surface area (Å²) in [6.07, 6.45) is -0.425. The fourth-order valence-electron chi connectivity index (χ4n) is 2.57. The molecule has 2 aromatic rings. The first-order valence-electron chi connectivity index (χ1n) is 9.41. The smallest absolute Gasteiger partial charge is 0.407 e. The quantitative estimate of drug-likeness (QED) is 0.543. The van der Waals surface area contributed by atoms with E-state index in [1.54, 1.807) is 0 Å². The monoisotopic (exact) mass is 399 g/mol. The lowest BCUT2D eigenvalue weighted by Crippen LogP contribution is -2.43. The van der Waals surface area contributed by atoms with Gasteiger partial charge < -0.3 is 20.3 Å². The van der Waals surface area contributed by atoms with E-state index in [9.17, 15) is 4.79 Å². The number of alkyl carbamates (subject to hydrolysis) is 1. The van der Waals surface area contributed by atoms with Gasteiger partial charge in [-0.1, -0.05) is 60.7 Å². The second-order valence-corrected chi connectivity index (χ2v) is 7.87. The molecule has 2 aromatic carbocycles. The number of nitrogens with zero attached hydrogens (tertiary/aromatic N) is 1. The maximum Gasteiger partial charge on any atom is 0.407 e. The number of thiocarbonyl (C=S) groups is 1. The number of ether oxygens (including phenoxy) is 1. The van der Waals surface area contributed by atoms with Crippen molar-refractivity contribution in [2.45, 2.75) is 39.5 Å². The Hall–Kier alpha value is -2.60. The van der Waals surface area contributed by atoms with Gasteiger partial charge in [0, 0.05) is 26.2 Å². The van der Waals surface area contributed by atoms with Crippen LogP contribution in [-0.4, -0.2) is 34.8 Å². The van der Waals surface area contributed by atoms with E-state index in [0.29, 0.717) is 31.3 Å². The van der Waals surface area contributed by atoms with Gasteiger partial charge in [0.1, 0.15) is 5.60 Å². The second kappa shape index (κ2) is 10.7. The van der Waals surface area contributed by atoms with Crippen molar-refractivity contribution in [3.05, 3.63) is 71.8 Å². The lowest BCUT2D eigenvalue weighted by molar-refractivity contribution is 0.0529. The van der Waals surface area contributed by atoms with Crippen LogP contribution in [0.2, 0.25) is 0 Å². The summed E-state index contributed by atoms with van der Waals surface area (Å²) in [6.45, 7) is 7.89. The van der Waals surface area contributed by atoms with Gasteiger partial charge in [-0.2, -0.15) is 0 Å². The molecule has 0 spiro atoms. The van der Waals surface area contributed by atoms with Gasteiger partial charge in [-0.05, 0) is 44.1 Å². The lowest BCUT2D eigenvalue weighted by atomic mass is 10.2. The van der Waals surface area contributed by atoms with Gasteiger partial charge in [0.25, 0.3) is 0 Å². The van der Waals surface area contributed by atoms with Crippen molar-refractivity contribution < 1.29 is 9.53 Å². The number of carbonyl (C=O) groups excluding carboxylic acids is 1. The zero-order chi connectivity index (χ0) is 20.4. The van der Waals surface area contributed by atoms with Crippen molar-refractivity contribution in [1.82, 2.24) is 15.5 Å². The van der Waals surface area contributed by atoms with Gasteiger partial charge in [0.2, 0.25) is 0 Å². The highest BCUT2D eigenvalue weighted by atomic mass is 32.1. The van der Waals surface area contributed by atoms with E-state index in [1.807, 2.05) is 57.2 Å². The number of nitrogens with one attached hydrogen (secondary N) is 2. The van der Waals surface area contributed by atoms with E-state index < -0.39 is 11.7 Å². The van der Waals surface area contributed by atoms with Crippen LogP contribution in [0, 0.1) is 0 Å². The summed E-state index contributed by atoms with van der Waals surface area (Å²) < 4.78 is 5.23. The number of hydrogen-bond donors (Lipinski definition) is 2. The van der Waals surface area contributed by atoms with Crippen molar-refractivity contribution in [1.29, 1.82) is 0 Å². The third-order valence-corrected chi connectivity index (χ3v) is 4.19. The third-order valence-electron chi connectivity index (χ3n) is 3.79. The summed E-state index contributed by atoms with van der Waals surface area (Å²) in [5, 5.41) is 6.61. The van der Waals surface area contributed by atoms with Crippen LogP contribution in [0.25, 0.3) is 0 Å². The third kappa shape index (κ3) is 8.39. The van der Waals surface area contributed by atoms with Crippen LogP contribution in [0.5, 0.6) is 0 Å². The molecule has 2 rings (SSSR count). The largest absolute Gasteiger partial charge is 0.444 e. The molecule has 5 nitrogen and oxygen atoms in total. The van der Waals surface area contributed by atoms with Crippen molar-refractivity contribution in [3.63, 3.8) is 0 Å². The molecule has 1 amide bonds.